The van der Waals surface area contributed by atoms with Crippen LogP contribution in [0.15, 0.2) is 24.3 Å². The average molecular weight is 185 g/mol. The van der Waals surface area contributed by atoms with Crippen LogP contribution in [0.2, 0.25) is 0 Å². The zero-order valence-electron chi connectivity index (χ0n) is 8.59. The lowest BCUT2D eigenvalue weighted by Gasteiger charge is -2.18. The van der Waals surface area contributed by atoms with Crippen molar-refractivity contribution in [1.82, 2.24) is 0 Å². The molecule has 1 aromatic carbocycles. The van der Waals surface area contributed by atoms with Crippen LogP contribution in [0.3, 0.4) is 0 Å². The third-order valence-electron chi connectivity index (χ3n) is 3.14. The van der Waals surface area contributed by atoms with Gasteiger partial charge in [-0.05, 0) is 30.4 Å². The van der Waals surface area contributed by atoms with Crippen molar-refractivity contribution in [3.05, 3.63) is 35.4 Å². The Hall–Kier alpha value is -1.29. The minimum atomic E-state index is -0.0988. The third kappa shape index (κ3) is 1.42. The molecule has 1 aliphatic carbocycles. The number of nitrogens with zero attached hydrogens (tertiary/aromatic N) is 1. The molecule has 14 heavy (non-hydrogen) atoms. The van der Waals surface area contributed by atoms with Gasteiger partial charge in [0.05, 0.1) is 11.5 Å². The Morgan fingerprint density at radius 3 is 2.29 bits per heavy atom. The maximum Gasteiger partial charge on any atom is 0.0696 e. The summed E-state index contributed by atoms with van der Waals surface area (Å²) in [7, 11) is 0. The van der Waals surface area contributed by atoms with E-state index in [0.717, 1.165) is 25.7 Å². The Balaban J connectivity index is 2.29. The monoisotopic (exact) mass is 185 g/mol. The van der Waals surface area contributed by atoms with Gasteiger partial charge in [-0.25, -0.2) is 0 Å². The largest absolute Gasteiger partial charge is 0.198 e. The molecule has 0 unspecified atom stereocenters. The van der Waals surface area contributed by atoms with Gasteiger partial charge in [0.25, 0.3) is 0 Å². The molecule has 0 aliphatic heterocycles. The summed E-state index contributed by atoms with van der Waals surface area (Å²) in [5.74, 6) is 0. The van der Waals surface area contributed by atoms with Crippen molar-refractivity contribution in [1.29, 1.82) is 5.26 Å². The minimum Gasteiger partial charge on any atom is -0.198 e. The van der Waals surface area contributed by atoms with Gasteiger partial charge in [-0.1, -0.05) is 37.6 Å². The fourth-order valence-corrected chi connectivity index (χ4v) is 2.48. The molecular weight excluding hydrogens is 170 g/mol. The molecule has 0 heterocycles. The van der Waals surface area contributed by atoms with Crippen LogP contribution < -0.4 is 0 Å². The van der Waals surface area contributed by atoms with Gasteiger partial charge in [-0.15, -0.1) is 0 Å². The van der Waals surface area contributed by atoms with Crippen molar-refractivity contribution in [3.63, 3.8) is 0 Å². The fourth-order valence-electron chi connectivity index (χ4n) is 2.48. The quantitative estimate of drug-likeness (QED) is 0.694. The first kappa shape index (κ1) is 9.27. The Kier molecular flexibility index (Phi) is 2.29. The summed E-state index contributed by atoms with van der Waals surface area (Å²) in [4.78, 5) is 0. The van der Waals surface area contributed by atoms with E-state index in [2.05, 4.69) is 37.3 Å². The Labute approximate surface area is 85.4 Å². The first-order valence-electron chi connectivity index (χ1n) is 5.28. The zero-order valence-corrected chi connectivity index (χ0v) is 8.59. The predicted octanol–water partition coefficient (Wildman–Crippen LogP) is 3.10. The summed E-state index contributed by atoms with van der Waals surface area (Å²) in [6, 6.07) is 11.0. The van der Waals surface area contributed by atoms with Crippen molar-refractivity contribution in [3.8, 4) is 6.07 Å². The number of hydrogen-bond donors (Lipinski definition) is 0. The second-order valence-electron chi connectivity index (χ2n) is 4.26. The lowest BCUT2D eigenvalue weighted by atomic mass is 9.82. The standard InChI is InChI=1S/C13H15N/c1-2-7-13(10-14)8-11-5-3-4-6-12(11)9-13/h3-6H,2,7-9H2,1H3. The van der Waals surface area contributed by atoms with E-state index in [0.29, 0.717) is 0 Å². The van der Waals surface area contributed by atoms with Crippen LogP contribution in [-0.2, 0) is 12.8 Å². The maximum absolute atomic E-state index is 9.27. The van der Waals surface area contributed by atoms with Gasteiger partial charge in [0.2, 0.25) is 0 Å². The highest BCUT2D eigenvalue weighted by atomic mass is 14.4. The number of benzene rings is 1. The van der Waals surface area contributed by atoms with Crippen molar-refractivity contribution in [2.45, 2.75) is 32.6 Å². The molecule has 0 saturated heterocycles. The van der Waals surface area contributed by atoms with E-state index in [9.17, 15) is 5.26 Å². The van der Waals surface area contributed by atoms with Gasteiger partial charge >= 0.3 is 0 Å². The zero-order chi connectivity index (χ0) is 10.0. The topological polar surface area (TPSA) is 23.8 Å². The summed E-state index contributed by atoms with van der Waals surface area (Å²) in [5, 5.41) is 9.27. The van der Waals surface area contributed by atoms with E-state index >= 15 is 0 Å². The lowest BCUT2D eigenvalue weighted by molar-refractivity contribution is 0.381. The van der Waals surface area contributed by atoms with Crippen LogP contribution in [0.25, 0.3) is 0 Å². The summed E-state index contributed by atoms with van der Waals surface area (Å²) in [5.41, 5.74) is 2.66. The first-order valence-corrected chi connectivity index (χ1v) is 5.28. The molecule has 0 bridgehead atoms. The number of nitriles is 1. The summed E-state index contributed by atoms with van der Waals surface area (Å²) >= 11 is 0. The summed E-state index contributed by atoms with van der Waals surface area (Å²) in [6.07, 6.45) is 4.03. The Bertz CT molecular complexity index is 348. The number of fused-ring (bicyclic) bond motifs is 1. The molecule has 1 aliphatic rings. The van der Waals surface area contributed by atoms with E-state index < -0.39 is 0 Å². The highest BCUT2D eigenvalue weighted by Crippen LogP contribution is 2.39. The number of rotatable bonds is 2. The molecule has 0 atom stereocenters. The molecule has 1 heteroatoms. The van der Waals surface area contributed by atoms with Crippen LogP contribution in [0.4, 0.5) is 0 Å². The minimum absolute atomic E-state index is 0.0988. The van der Waals surface area contributed by atoms with Crippen molar-refractivity contribution >= 4 is 0 Å². The summed E-state index contributed by atoms with van der Waals surface area (Å²) < 4.78 is 0. The fraction of sp³-hybridized carbons (Fsp3) is 0.462. The van der Waals surface area contributed by atoms with E-state index in [1.165, 1.54) is 11.1 Å². The summed E-state index contributed by atoms with van der Waals surface area (Å²) in [6.45, 7) is 2.15. The molecule has 2 rings (SSSR count). The first-order chi connectivity index (χ1) is 6.79. The molecule has 1 aromatic rings. The molecule has 0 radical (unpaired) electrons. The molecule has 0 aromatic heterocycles. The molecule has 0 N–H and O–H groups in total. The third-order valence-corrected chi connectivity index (χ3v) is 3.14. The Morgan fingerprint density at radius 1 is 1.29 bits per heavy atom. The van der Waals surface area contributed by atoms with Gasteiger partial charge in [0, 0.05) is 0 Å². The van der Waals surface area contributed by atoms with Crippen LogP contribution in [0, 0.1) is 16.7 Å². The maximum atomic E-state index is 9.27. The van der Waals surface area contributed by atoms with Crippen LogP contribution in [0.1, 0.15) is 30.9 Å². The second kappa shape index (κ2) is 3.46. The van der Waals surface area contributed by atoms with Gasteiger partial charge in [0.15, 0.2) is 0 Å². The normalized spacial score (nSPS) is 17.4. The smallest absolute Gasteiger partial charge is 0.0696 e. The van der Waals surface area contributed by atoms with Gasteiger partial charge in [-0.2, -0.15) is 5.26 Å². The van der Waals surface area contributed by atoms with Gasteiger partial charge in [-0.3, -0.25) is 0 Å². The molecule has 0 saturated carbocycles. The molecular formula is C13H15N. The van der Waals surface area contributed by atoms with E-state index in [-0.39, 0.29) is 5.41 Å². The number of hydrogen-bond acceptors (Lipinski definition) is 1. The predicted molar refractivity (Wildman–Crippen MR) is 56.8 cm³/mol. The average Bonchev–Trinajstić information content (AvgIpc) is 2.57. The van der Waals surface area contributed by atoms with E-state index in [1.807, 2.05) is 0 Å². The SMILES string of the molecule is CCCC1(C#N)Cc2ccccc2C1. The molecule has 0 amide bonds. The Morgan fingerprint density at radius 2 is 1.86 bits per heavy atom. The van der Waals surface area contributed by atoms with Crippen molar-refractivity contribution in [2.24, 2.45) is 5.41 Å². The lowest BCUT2D eigenvalue weighted by Crippen LogP contribution is -2.18. The molecule has 72 valence electrons. The van der Waals surface area contributed by atoms with Gasteiger partial charge < -0.3 is 0 Å². The van der Waals surface area contributed by atoms with Crippen LogP contribution >= 0.6 is 0 Å². The van der Waals surface area contributed by atoms with Crippen molar-refractivity contribution < 1.29 is 0 Å². The molecule has 0 spiro atoms. The van der Waals surface area contributed by atoms with Gasteiger partial charge in [0.1, 0.15) is 0 Å². The second-order valence-corrected chi connectivity index (χ2v) is 4.26. The highest BCUT2D eigenvalue weighted by Gasteiger charge is 2.36. The molecule has 0 fully saturated rings. The van der Waals surface area contributed by atoms with E-state index in [1.54, 1.807) is 0 Å². The highest BCUT2D eigenvalue weighted by molar-refractivity contribution is 5.36. The van der Waals surface area contributed by atoms with E-state index in [4.69, 9.17) is 0 Å². The van der Waals surface area contributed by atoms with Crippen LogP contribution in [0.5, 0.6) is 0 Å². The molecule has 1 nitrogen and oxygen atoms in total. The van der Waals surface area contributed by atoms with Crippen LogP contribution in [-0.4, -0.2) is 0 Å². The van der Waals surface area contributed by atoms with Crippen molar-refractivity contribution in [2.75, 3.05) is 0 Å².